The summed E-state index contributed by atoms with van der Waals surface area (Å²) in [7, 11) is 0. The first-order valence-electron chi connectivity index (χ1n) is 20.4. The van der Waals surface area contributed by atoms with Gasteiger partial charge in [0.05, 0.1) is 22.1 Å². The van der Waals surface area contributed by atoms with Gasteiger partial charge in [0.25, 0.3) is 0 Å². The van der Waals surface area contributed by atoms with Crippen LogP contribution in [0.4, 0.5) is 0 Å². The maximum atomic E-state index is 6.33. The van der Waals surface area contributed by atoms with Crippen molar-refractivity contribution in [1.82, 2.24) is 24.1 Å². The first-order chi connectivity index (χ1) is 29.5. The van der Waals surface area contributed by atoms with Crippen LogP contribution in [0.5, 0.6) is 0 Å². The van der Waals surface area contributed by atoms with Crippen LogP contribution in [0.15, 0.2) is 180 Å². The third-order valence-electron chi connectivity index (χ3n) is 12.8. The number of nitrogens with zero attached hydrogens (tertiary/aromatic N) is 5. The lowest BCUT2D eigenvalue weighted by atomic mass is 9.81. The van der Waals surface area contributed by atoms with Crippen LogP contribution in [0.3, 0.4) is 0 Å². The van der Waals surface area contributed by atoms with Gasteiger partial charge in [-0.25, -0.2) is 4.98 Å². The molecule has 1 aliphatic carbocycles. The first-order valence-corrected chi connectivity index (χ1v) is 20.4. The van der Waals surface area contributed by atoms with Crippen LogP contribution < -0.4 is 0 Å². The SMILES string of the molecule is CC1(C)c2cc3c4ccccc4n(-c4ccccc4)c3cc2-c2cc3c(cc21)c1ccccc1n3-c1nc(-c2ccccc2)nc(-c2cccc3oc4ccccc4c23)n1. The lowest BCUT2D eigenvalue weighted by Gasteiger charge is -2.22. The van der Waals surface area contributed by atoms with E-state index in [1.165, 1.54) is 49.4 Å². The average Bonchev–Trinajstić information content (AvgIpc) is 4.00. The minimum absolute atomic E-state index is 0.237. The molecule has 4 aromatic heterocycles. The molecule has 12 aromatic rings. The molecule has 6 heteroatoms. The van der Waals surface area contributed by atoms with Crippen LogP contribution in [0.2, 0.25) is 0 Å². The fourth-order valence-corrected chi connectivity index (χ4v) is 9.99. The molecule has 0 fully saturated rings. The van der Waals surface area contributed by atoms with Gasteiger partial charge < -0.3 is 8.98 Å². The average molecular weight is 770 g/mol. The number of hydrogen-bond donors (Lipinski definition) is 0. The molecule has 282 valence electrons. The Bertz CT molecular complexity index is 3740. The zero-order valence-electron chi connectivity index (χ0n) is 32.9. The monoisotopic (exact) mass is 769 g/mol. The minimum atomic E-state index is -0.237. The Hall–Kier alpha value is -7.83. The maximum absolute atomic E-state index is 6.33. The number of para-hydroxylation sites is 4. The molecule has 0 radical (unpaired) electrons. The third kappa shape index (κ3) is 4.56. The van der Waals surface area contributed by atoms with E-state index in [0.717, 1.165) is 55.2 Å². The second-order valence-electron chi connectivity index (χ2n) is 16.4. The Morgan fingerprint density at radius 1 is 0.417 bits per heavy atom. The second-order valence-corrected chi connectivity index (χ2v) is 16.4. The van der Waals surface area contributed by atoms with E-state index in [-0.39, 0.29) is 5.41 Å². The Balaban J connectivity index is 1.10. The van der Waals surface area contributed by atoms with E-state index in [2.05, 4.69) is 150 Å². The van der Waals surface area contributed by atoms with Gasteiger partial charge in [-0.3, -0.25) is 4.57 Å². The van der Waals surface area contributed by atoms with Crippen molar-refractivity contribution in [3.63, 3.8) is 0 Å². The van der Waals surface area contributed by atoms with Gasteiger partial charge in [-0.05, 0) is 82.9 Å². The van der Waals surface area contributed by atoms with Crippen molar-refractivity contribution in [2.24, 2.45) is 0 Å². The van der Waals surface area contributed by atoms with Crippen molar-refractivity contribution >= 4 is 65.6 Å². The Morgan fingerprint density at radius 2 is 0.967 bits per heavy atom. The van der Waals surface area contributed by atoms with E-state index in [4.69, 9.17) is 19.4 Å². The quantitative estimate of drug-likeness (QED) is 0.179. The Kier molecular flexibility index (Phi) is 6.69. The van der Waals surface area contributed by atoms with Gasteiger partial charge in [-0.15, -0.1) is 0 Å². The summed E-state index contributed by atoms with van der Waals surface area (Å²) in [6.07, 6.45) is 0. The minimum Gasteiger partial charge on any atom is -0.456 e. The van der Waals surface area contributed by atoms with E-state index in [9.17, 15) is 0 Å². The van der Waals surface area contributed by atoms with Gasteiger partial charge in [-0.1, -0.05) is 129 Å². The molecule has 4 heterocycles. The molecule has 6 nitrogen and oxygen atoms in total. The molecule has 13 rings (SSSR count). The van der Waals surface area contributed by atoms with E-state index < -0.39 is 0 Å². The standard InChI is InChI=1S/C54H35N5O/c1-54(2)42-28-40-34-20-9-12-24-44(34)58(33-18-7-4-8-19-33)46(40)30-38(42)39-31-47-41(29-43(39)54)35-21-10-13-25-45(35)59(47)53-56-51(32-16-5-3-6-17-32)55-52(57-53)37-23-15-27-49-50(37)36-22-11-14-26-48(36)60-49/h3-31H,1-2H3. The first kappa shape index (κ1) is 33.2. The van der Waals surface area contributed by atoms with Crippen LogP contribution in [-0.2, 0) is 5.41 Å². The largest absolute Gasteiger partial charge is 0.456 e. The molecule has 0 atom stereocenters. The molecule has 0 N–H and O–H groups in total. The topological polar surface area (TPSA) is 61.7 Å². The summed E-state index contributed by atoms with van der Waals surface area (Å²) in [6.45, 7) is 4.74. The molecule has 60 heavy (non-hydrogen) atoms. The van der Waals surface area contributed by atoms with Crippen LogP contribution in [-0.4, -0.2) is 24.1 Å². The Labute approximate surface area is 344 Å². The molecule has 0 unspecified atom stereocenters. The molecule has 0 saturated carbocycles. The third-order valence-corrected chi connectivity index (χ3v) is 12.8. The zero-order valence-corrected chi connectivity index (χ0v) is 32.9. The van der Waals surface area contributed by atoms with Gasteiger partial charge >= 0.3 is 0 Å². The van der Waals surface area contributed by atoms with Gasteiger partial charge in [-0.2, -0.15) is 9.97 Å². The van der Waals surface area contributed by atoms with Crippen LogP contribution in [0.1, 0.15) is 25.0 Å². The van der Waals surface area contributed by atoms with E-state index in [0.29, 0.717) is 17.6 Å². The number of fused-ring (bicyclic) bond motifs is 12. The fourth-order valence-electron chi connectivity index (χ4n) is 9.99. The van der Waals surface area contributed by atoms with Crippen molar-refractivity contribution in [2.75, 3.05) is 0 Å². The molecule has 8 aromatic carbocycles. The van der Waals surface area contributed by atoms with E-state index in [1.807, 2.05) is 48.5 Å². The summed E-state index contributed by atoms with van der Waals surface area (Å²) in [6, 6.07) is 62.3. The predicted octanol–water partition coefficient (Wildman–Crippen LogP) is 13.6. The lowest BCUT2D eigenvalue weighted by molar-refractivity contribution is 0.662. The highest BCUT2D eigenvalue weighted by Gasteiger charge is 2.37. The fraction of sp³-hybridized carbons (Fsp3) is 0.0556. The van der Waals surface area contributed by atoms with E-state index >= 15 is 0 Å². The highest BCUT2D eigenvalue weighted by molar-refractivity contribution is 6.15. The number of aromatic nitrogens is 5. The summed E-state index contributed by atoms with van der Waals surface area (Å²) in [5.41, 5.74) is 14.0. The van der Waals surface area contributed by atoms with Crippen molar-refractivity contribution in [1.29, 1.82) is 0 Å². The van der Waals surface area contributed by atoms with Gasteiger partial charge in [0, 0.05) is 54.5 Å². The van der Waals surface area contributed by atoms with Crippen LogP contribution in [0, 0.1) is 0 Å². The Morgan fingerprint density at radius 3 is 1.67 bits per heavy atom. The lowest BCUT2D eigenvalue weighted by Crippen LogP contribution is -2.15. The summed E-state index contributed by atoms with van der Waals surface area (Å²) in [5, 5.41) is 6.86. The molecule has 0 amide bonds. The molecular weight excluding hydrogens is 735 g/mol. The maximum Gasteiger partial charge on any atom is 0.238 e. The number of benzene rings is 8. The zero-order chi connectivity index (χ0) is 39.7. The number of rotatable bonds is 4. The molecular formula is C54H35N5O. The highest BCUT2D eigenvalue weighted by Crippen LogP contribution is 2.53. The normalized spacial score (nSPS) is 13.3. The molecule has 0 bridgehead atoms. The number of furan rings is 1. The molecule has 0 saturated heterocycles. The highest BCUT2D eigenvalue weighted by atomic mass is 16.3. The van der Waals surface area contributed by atoms with Gasteiger partial charge in [0.15, 0.2) is 11.6 Å². The van der Waals surface area contributed by atoms with Crippen LogP contribution >= 0.6 is 0 Å². The van der Waals surface area contributed by atoms with Gasteiger partial charge in [0.1, 0.15) is 11.2 Å². The van der Waals surface area contributed by atoms with Gasteiger partial charge in [0.2, 0.25) is 5.95 Å². The van der Waals surface area contributed by atoms with Crippen LogP contribution in [0.25, 0.3) is 111 Å². The predicted molar refractivity (Wildman–Crippen MR) is 244 cm³/mol. The van der Waals surface area contributed by atoms with Crippen molar-refractivity contribution in [2.45, 2.75) is 19.3 Å². The van der Waals surface area contributed by atoms with E-state index in [1.54, 1.807) is 0 Å². The van der Waals surface area contributed by atoms with Crippen molar-refractivity contribution < 1.29 is 4.42 Å². The summed E-state index contributed by atoms with van der Waals surface area (Å²) >= 11 is 0. The summed E-state index contributed by atoms with van der Waals surface area (Å²) in [5.74, 6) is 1.76. The van der Waals surface area contributed by atoms with Crippen molar-refractivity contribution in [3.8, 4) is 45.5 Å². The number of hydrogen-bond acceptors (Lipinski definition) is 4. The smallest absolute Gasteiger partial charge is 0.238 e. The molecule has 0 spiro atoms. The summed E-state index contributed by atoms with van der Waals surface area (Å²) < 4.78 is 11.0. The summed E-state index contributed by atoms with van der Waals surface area (Å²) in [4.78, 5) is 15.9. The van der Waals surface area contributed by atoms with Crippen molar-refractivity contribution in [3.05, 3.63) is 187 Å². The molecule has 1 aliphatic rings. The second kappa shape index (κ2) is 12.1. The molecule has 0 aliphatic heterocycles.